The maximum absolute atomic E-state index is 10.7. The van der Waals surface area contributed by atoms with Gasteiger partial charge in [-0.25, -0.2) is 4.79 Å². The molecule has 3 heteroatoms. The molecule has 14 heavy (non-hydrogen) atoms. The van der Waals surface area contributed by atoms with Crippen molar-refractivity contribution in [3.63, 3.8) is 0 Å². The lowest BCUT2D eigenvalue weighted by Gasteiger charge is -2.16. The summed E-state index contributed by atoms with van der Waals surface area (Å²) in [6, 6.07) is 0. The summed E-state index contributed by atoms with van der Waals surface area (Å²) in [7, 11) is 0. The lowest BCUT2D eigenvalue weighted by atomic mass is 9.91. The number of carboxylic acids is 1. The van der Waals surface area contributed by atoms with E-state index >= 15 is 0 Å². The standard InChI is InChI=1S/C11H17IO2/c12-10(11(13)14)8-9-6-4-2-1-3-5-7-9/h8-9H,1-7H2,(H,13,14)/b10-8+. The molecule has 1 saturated carbocycles. The Morgan fingerprint density at radius 1 is 1.14 bits per heavy atom. The van der Waals surface area contributed by atoms with Crippen molar-refractivity contribution in [3.8, 4) is 0 Å². The van der Waals surface area contributed by atoms with Crippen LogP contribution in [0, 0.1) is 5.92 Å². The number of carbonyl (C=O) groups is 1. The summed E-state index contributed by atoms with van der Waals surface area (Å²) < 4.78 is 0.480. The molecule has 0 aromatic rings. The molecule has 1 N–H and O–H groups in total. The van der Waals surface area contributed by atoms with Crippen LogP contribution in [0.1, 0.15) is 44.9 Å². The van der Waals surface area contributed by atoms with Gasteiger partial charge in [0.1, 0.15) is 0 Å². The van der Waals surface area contributed by atoms with Crippen LogP contribution in [0.5, 0.6) is 0 Å². The van der Waals surface area contributed by atoms with E-state index < -0.39 is 5.97 Å². The minimum atomic E-state index is -0.785. The molecule has 0 heterocycles. The lowest BCUT2D eigenvalue weighted by Crippen LogP contribution is -2.03. The van der Waals surface area contributed by atoms with Crippen molar-refractivity contribution in [2.75, 3.05) is 0 Å². The highest BCUT2D eigenvalue weighted by Gasteiger charge is 2.11. The third-order valence-corrected chi connectivity index (χ3v) is 3.56. The van der Waals surface area contributed by atoms with Crippen LogP contribution in [0.4, 0.5) is 0 Å². The van der Waals surface area contributed by atoms with Gasteiger partial charge in [-0.15, -0.1) is 0 Å². The molecule has 0 aromatic carbocycles. The quantitative estimate of drug-likeness (QED) is 0.623. The van der Waals surface area contributed by atoms with Crippen molar-refractivity contribution in [1.82, 2.24) is 0 Å². The van der Waals surface area contributed by atoms with E-state index in [-0.39, 0.29) is 0 Å². The summed E-state index contributed by atoms with van der Waals surface area (Å²) in [5.74, 6) is -0.286. The SMILES string of the molecule is O=C(O)/C(I)=C\C1CCCCCCC1. The molecule has 2 nitrogen and oxygen atoms in total. The van der Waals surface area contributed by atoms with Crippen molar-refractivity contribution >= 4 is 28.6 Å². The fraction of sp³-hybridized carbons (Fsp3) is 0.727. The summed E-state index contributed by atoms with van der Waals surface area (Å²) in [5, 5.41) is 8.76. The minimum absolute atomic E-state index is 0.480. The molecular formula is C11H17IO2. The molecule has 1 rings (SSSR count). The van der Waals surface area contributed by atoms with E-state index in [9.17, 15) is 4.79 Å². The van der Waals surface area contributed by atoms with Gasteiger partial charge in [-0.05, 0) is 41.4 Å². The predicted molar refractivity (Wildman–Crippen MR) is 65.5 cm³/mol. The molecule has 0 aromatic heterocycles. The summed E-state index contributed by atoms with van der Waals surface area (Å²) in [6.07, 6.45) is 10.8. The highest BCUT2D eigenvalue weighted by molar-refractivity contribution is 14.1. The van der Waals surface area contributed by atoms with Crippen LogP contribution >= 0.6 is 22.6 Å². The molecule has 0 atom stereocenters. The second kappa shape index (κ2) is 6.43. The first-order chi connectivity index (χ1) is 6.70. The van der Waals surface area contributed by atoms with Gasteiger partial charge in [-0.1, -0.05) is 38.2 Å². The number of hydrogen-bond acceptors (Lipinski definition) is 1. The molecule has 0 unspecified atom stereocenters. The van der Waals surface area contributed by atoms with Gasteiger partial charge in [-0.3, -0.25) is 0 Å². The molecule has 0 radical (unpaired) electrons. The van der Waals surface area contributed by atoms with Gasteiger partial charge in [0.05, 0.1) is 3.58 Å². The Morgan fingerprint density at radius 3 is 2.14 bits per heavy atom. The largest absolute Gasteiger partial charge is 0.477 e. The van der Waals surface area contributed by atoms with E-state index in [0.717, 1.165) is 0 Å². The molecule has 1 aliphatic rings. The summed E-state index contributed by atoms with van der Waals surface area (Å²) in [4.78, 5) is 10.7. The van der Waals surface area contributed by atoms with Gasteiger partial charge in [-0.2, -0.15) is 0 Å². The van der Waals surface area contributed by atoms with E-state index in [1.165, 1.54) is 44.9 Å². The van der Waals surface area contributed by atoms with Gasteiger partial charge >= 0.3 is 5.97 Å². The van der Waals surface area contributed by atoms with E-state index in [4.69, 9.17) is 5.11 Å². The van der Waals surface area contributed by atoms with Gasteiger partial charge in [0.15, 0.2) is 0 Å². The van der Waals surface area contributed by atoms with Crippen molar-refractivity contribution in [1.29, 1.82) is 0 Å². The van der Waals surface area contributed by atoms with Crippen LogP contribution in [-0.2, 0) is 4.79 Å². The maximum Gasteiger partial charge on any atom is 0.341 e. The molecule has 0 amide bonds. The molecule has 0 spiro atoms. The second-order valence-corrected chi connectivity index (χ2v) is 5.09. The molecule has 80 valence electrons. The minimum Gasteiger partial charge on any atom is -0.477 e. The van der Waals surface area contributed by atoms with Crippen molar-refractivity contribution in [3.05, 3.63) is 9.66 Å². The van der Waals surface area contributed by atoms with E-state index in [1.54, 1.807) is 0 Å². The molecule has 0 saturated heterocycles. The Balaban J connectivity index is 2.48. The van der Waals surface area contributed by atoms with E-state index in [1.807, 2.05) is 28.7 Å². The number of halogens is 1. The third-order valence-electron chi connectivity index (χ3n) is 2.74. The van der Waals surface area contributed by atoms with E-state index in [2.05, 4.69) is 0 Å². The first-order valence-electron chi connectivity index (χ1n) is 5.31. The Bertz CT molecular complexity index is 215. The Morgan fingerprint density at radius 2 is 1.64 bits per heavy atom. The topological polar surface area (TPSA) is 37.3 Å². The fourth-order valence-electron chi connectivity index (χ4n) is 1.93. The molecular weight excluding hydrogens is 291 g/mol. The molecule has 1 fully saturated rings. The van der Waals surface area contributed by atoms with Crippen molar-refractivity contribution in [2.45, 2.75) is 44.9 Å². The highest BCUT2D eigenvalue weighted by Crippen LogP contribution is 2.25. The van der Waals surface area contributed by atoms with Crippen LogP contribution in [0.2, 0.25) is 0 Å². The zero-order valence-electron chi connectivity index (χ0n) is 8.34. The van der Waals surface area contributed by atoms with Crippen LogP contribution in [0.15, 0.2) is 9.66 Å². The number of allylic oxidation sites excluding steroid dienone is 1. The smallest absolute Gasteiger partial charge is 0.341 e. The Labute approximate surface area is 98.9 Å². The average Bonchev–Trinajstić information content (AvgIpc) is 2.08. The summed E-state index contributed by atoms with van der Waals surface area (Å²) >= 11 is 1.92. The number of carboxylic acid groups (broad SMARTS) is 1. The highest BCUT2D eigenvalue weighted by atomic mass is 127. The second-order valence-electron chi connectivity index (χ2n) is 3.92. The van der Waals surface area contributed by atoms with E-state index in [0.29, 0.717) is 9.50 Å². The van der Waals surface area contributed by atoms with Crippen molar-refractivity contribution in [2.24, 2.45) is 5.92 Å². The first-order valence-corrected chi connectivity index (χ1v) is 6.38. The van der Waals surface area contributed by atoms with Crippen LogP contribution < -0.4 is 0 Å². The molecule has 0 aliphatic heterocycles. The van der Waals surface area contributed by atoms with Crippen LogP contribution in [0.3, 0.4) is 0 Å². The maximum atomic E-state index is 10.7. The van der Waals surface area contributed by atoms with Gasteiger partial charge < -0.3 is 5.11 Å². The monoisotopic (exact) mass is 308 g/mol. The lowest BCUT2D eigenvalue weighted by molar-refractivity contribution is -0.131. The van der Waals surface area contributed by atoms with Gasteiger partial charge in [0, 0.05) is 0 Å². The number of aliphatic carboxylic acids is 1. The van der Waals surface area contributed by atoms with Gasteiger partial charge in [0.2, 0.25) is 0 Å². The first kappa shape index (κ1) is 12.0. The van der Waals surface area contributed by atoms with Crippen LogP contribution in [0.25, 0.3) is 0 Å². The normalized spacial score (nSPS) is 21.4. The fourth-order valence-corrected chi connectivity index (χ4v) is 2.44. The number of rotatable bonds is 2. The third kappa shape index (κ3) is 4.44. The Kier molecular flexibility index (Phi) is 5.52. The van der Waals surface area contributed by atoms with Crippen molar-refractivity contribution < 1.29 is 9.90 Å². The summed E-state index contributed by atoms with van der Waals surface area (Å²) in [5.41, 5.74) is 0. The number of hydrogen-bond donors (Lipinski definition) is 1. The zero-order valence-corrected chi connectivity index (χ0v) is 10.5. The zero-order chi connectivity index (χ0) is 10.4. The molecule has 1 aliphatic carbocycles. The molecule has 0 bridgehead atoms. The Hall–Kier alpha value is -0.0600. The van der Waals surface area contributed by atoms with Crippen LogP contribution in [-0.4, -0.2) is 11.1 Å². The summed E-state index contributed by atoms with van der Waals surface area (Å²) in [6.45, 7) is 0. The predicted octanol–water partition coefficient (Wildman–Crippen LogP) is 3.75. The van der Waals surface area contributed by atoms with Gasteiger partial charge in [0.25, 0.3) is 0 Å². The average molecular weight is 308 g/mol.